The van der Waals surface area contributed by atoms with Crippen LogP contribution in [0.2, 0.25) is 5.02 Å². The number of fused-ring (bicyclic) bond motifs is 1. The summed E-state index contributed by atoms with van der Waals surface area (Å²) < 4.78 is 5.07. The number of nitrogens with one attached hydrogen (secondary N) is 1. The third kappa shape index (κ3) is 4.35. The highest BCUT2D eigenvalue weighted by Crippen LogP contribution is 2.30. The molecule has 7 nitrogen and oxygen atoms in total. The van der Waals surface area contributed by atoms with E-state index in [1.807, 2.05) is 43.3 Å². The maximum atomic E-state index is 12.6. The van der Waals surface area contributed by atoms with Crippen molar-refractivity contribution in [1.82, 2.24) is 19.8 Å². The van der Waals surface area contributed by atoms with E-state index in [9.17, 15) is 9.59 Å². The van der Waals surface area contributed by atoms with Gasteiger partial charge in [-0.15, -0.1) is 0 Å². The topological polar surface area (TPSA) is 78.5 Å². The van der Waals surface area contributed by atoms with Crippen LogP contribution < -0.4 is 5.56 Å². The van der Waals surface area contributed by atoms with Crippen LogP contribution in [-0.2, 0) is 9.53 Å². The highest BCUT2D eigenvalue weighted by molar-refractivity contribution is 6.31. The maximum absolute atomic E-state index is 12.6. The van der Waals surface area contributed by atoms with E-state index in [2.05, 4.69) is 19.8 Å². The summed E-state index contributed by atoms with van der Waals surface area (Å²) in [6.45, 7) is 4.79. The molecule has 0 bridgehead atoms. The Labute approximate surface area is 185 Å². The molecule has 2 aromatic carbocycles. The summed E-state index contributed by atoms with van der Waals surface area (Å²) in [5.74, 6) is 0.322. The van der Waals surface area contributed by atoms with E-state index in [1.165, 1.54) is 7.11 Å². The van der Waals surface area contributed by atoms with Gasteiger partial charge in [0.25, 0.3) is 5.56 Å². The molecule has 0 radical (unpaired) electrons. The minimum Gasteiger partial charge on any atom is -0.468 e. The zero-order valence-corrected chi connectivity index (χ0v) is 18.3. The van der Waals surface area contributed by atoms with Gasteiger partial charge in [-0.2, -0.15) is 0 Å². The van der Waals surface area contributed by atoms with Crippen LogP contribution in [0.5, 0.6) is 0 Å². The zero-order chi connectivity index (χ0) is 22.0. The molecule has 4 rings (SSSR count). The van der Waals surface area contributed by atoms with E-state index in [-0.39, 0.29) is 17.6 Å². The molecule has 0 amide bonds. The Morgan fingerprint density at radius 1 is 1.06 bits per heavy atom. The molecule has 31 heavy (non-hydrogen) atoms. The van der Waals surface area contributed by atoms with E-state index in [1.54, 1.807) is 12.1 Å². The molecular formula is C23H25ClN4O3. The van der Waals surface area contributed by atoms with Crippen LogP contribution in [0.1, 0.15) is 30.4 Å². The van der Waals surface area contributed by atoms with Crippen LogP contribution >= 0.6 is 11.6 Å². The number of carbonyl (C=O) groups excluding carboxylic acids is 1. The summed E-state index contributed by atoms with van der Waals surface area (Å²) in [6.07, 6.45) is 0. The molecule has 2 atom stereocenters. The van der Waals surface area contributed by atoms with Crippen LogP contribution in [0.15, 0.2) is 53.3 Å². The molecule has 1 aromatic heterocycles. The Kier molecular flexibility index (Phi) is 6.36. The van der Waals surface area contributed by atoms with Crippen LogP contribution in [0.25, 0.3) is 10.9 Å². The number of aromatic nitrogens is 2. The molecule has 1 saturated heterocycles. The van der Waals surface area contributed by atoms with Crippen molar-refractivity contribution >= 4 is 28.5 Å². The third-order valence-electron chi connectivity index (χ3n) is 5.91. The Hall–Kier alpha value is -2.74. The van der Waals surface area contributed by atoms with Crippen molar-refractivity contribution < 1.29 is 9.53 Å². The molecule has 2 heterocycles. The van der Waals surface area contributed by atoms with Crippen molar-refractivity contribution in [3.63, 3.8) is 0 Å². The first-order valence-corrected chi connectivity index (χ1v) is 10.7. The number of nitrogens with zero attached hydrogens (tertiary/aromatic N) is 3. The molecule has 0 spiro atoms. The Morgan fingerprint density at radius 2 is 1.71 bits per heavy atom. The number of piperazine rings is 1. The Bertz CT molecular complexity index is 1140. The SMILES string of the molecule is COC(=O)C(c1ccccc1Cl)N1CCN(C(C)c2nc3ccccc3c(=O)[nH]2)CC1. The lowest BCUT2D eigenvalue weighted by Gasteiger charge is -2.40. The third-order valence-corrected chi connectivity index (χ3v) is 6.26. The minimum absolute atomic E-state index is 0.0589. The standard InChI is InChI=1S/C23H25ClN4O3/c1-15(21-25-19-10-6-4-8-17(19)22(29)26-21)27-11-13-28(14-12-27)20(23(30)31-2)16-7-3-5-9-18(16)24/h3-10,15,20H,11-14H2,1-2H3,(H,25,26,29). The largest absolute Gasteiger partial charge is 0.468 e. The number of benzene rings is 2. The Balaban J connectivity index is 1.51. The molecular weight excluding hydrogens is 416 g/mol. The summed E-state index contributed by atoms with van der Waals surface area (Å²) in [7, 11) is 1.40. The van der Waals surface area contributed by atoms with Crippen molar-refractivity contribution in [3.05, 3.63) is 75.3 Å². The molecule has 1 aliphatic rings. The number of H-pyrrole nitrogens is 1. The first kappa shape index (κ1) is 21.5. The summed E-state index contributed by atoms with van der Waals surface area (Å²) in [5, 5.41) is 1.13. The van der Waals surface area contributed by atoms with E-state index in [0.29, 0.717) is 34.8 Å². The van der Waals surface area contributed by atoms with Crippen LogP contribution in [0.4, 0.5) is 0 Å². The fourth-order valence-electron chi connectivity index (χ4n) is 4.14. The first-order chi connectivity index (χ1) is 15.0. The van der Waals surface area contributed by atoms with E-state index < -0.39 is 6.04 Å². The Morgan fingerprint density at radius 3 is 2.42 bits per heavy atom. The second kappa shape index (κ2) is 9.18. The molecule has 0 saturated carbocycles. The number of hydrogen-bond donors (Lipinski definition) is 1. The van der Waals surface area contributed by atoms with Gasteiger partial charge in [0.15, 0.2) is 0 Å². The molecule has 8 heteroatoms. The lowest BCUT2D eigenvalue weighted by atomic mass is 10.0. The zero-order valence-electron chi connectivity index (χ0n) is 17.5. The van der Waals surface area contributed by atoms with Gasteiger partial charge >= 0.3 is 5.97 Å². The first-order valence-electron chi connectivity index (χ1n) is 10.3. The molecule has 1 aliphatic heterocycles. The number of rotatable bonds is 5. The number of halogens is 1. The fraction of sp³-hybridized carbons (Fsp3) is 0.348. The van der Waals surface area contributed by atoms with E-state index in [4.69, 9.17) is 16.3 Å². The average molecular weight is 441 g/mol. The molecule has 0 aliphatic carbocycles. The van der Waals surface area contributed by atoms with E-state index >= 15 is 0 Å². The predicted octanol–water partition coefficient (Wildman–Crippen LogP) is 3.17. The van der Waals surface area contributed by atoms with Crippen molar-refractivity contribution in [2.75, 3.05) is 33.3 Å². The van der Waals surface area contributed by atoms with Crippen molar-refractivity contribution in [2.45, 2.75) is 19.0 Å². The normalized spacial score (nSPS) is 17.4. The van der Waals surface area contributed by atoms with Crippen molar-refractivity contribution in [2.24, 2.45) is 0 Å². The number of carbonyl (C=O) groups is 1. The lowest BCUT2D eigenvalue weighted by Crippen LogP contribution is -2.50. The molecule has 3 aromatic rings. The van der Waals surface area contributed by atoms with Crippen LogP contribution in [0, 0.1) is 0 Å². The summed E-state index contributed by atoms with van der Waals surface area (Å²) in [4.78, 5) is 37.0. The number of methoxy groups -OCH3 is 1. The average Bonchev–Trinajstić information content (AvgIpc) is 2.80. The molecule has 1 fully saturated rings. The monoisotopic (exact) mass is 440 g/mol. The van der Waals surface area contributed by atoms with Crippen molar-refractivity contribution in [1.29, 1.82) is 0 Å². The van der Waals surface area contributed by atoms with Crippen LogP contribution in [0.3, 0.4) is 0 Å². The summed E-state index contributed by atoms with van der Waals surface area (Å²) in [6, 6.07) is 14.1. The number of ether oxygens (including phenoxy) is 1. The number of aromatic amines is 1. The quantitative estimate of drug-likeness (QED) is 0.614. The van der Waals surface area contributed by atoms with Gasteiger partial charge in [0.1, 0.15) is 11.9 Å². The van der Waals surface area contributed by atoms with Gasteiger partial charge < -0.3 is 9.72 Å². The number of para-hydroxylation sites is 1. The maximum Gasteiger partial charge on any atom is 0.327 e. The predicted molar refractivity (Wildman–Crippen MR) is 120 cm³/mol. The van der Waals surface area contributed by atoms with Gasteiger partial charge in [0.05, 0.1) is 24.1 Å². The van der Waals surface area contributed by atoms with Gasteiger partial charge in [-0.3, -0.25) is 14.6 Å². The van der Waals surface area contributed by atoms with Gasteiger partial charge in [-0.1, -0.05) is 41.9 Å². The highest BCUT2D eigenvalue weighted by atomic mass is 35.5. The van der Waals surface area contributed by atoms with Crippen molar-refractivity contribution in [3.8, 4) is 0 Å². The van der Waals surface area contributed by atoms with Crippen LogP contribution in [-0.4, -0.2) is 59.0 Å². The van der Waals surface area contributed by atoms with Gasteiger partial charge in [0.2, 0.25) is 0 Å². The molecule has 1 N–H and O–H groups in total. The molecule has 162 valence electrons. The second-order valence-corrected chi connectivity index (χ2v) is 8.07. The van der Waals surface area contributed by atoms with Gasteiger partial charge in [-0.25, -0.2) is 9.78 Å². The lowest BCUT2D eigenvalue weighted by molar-refractivity contribution is -0.148. The second-order valence-electron chi connectivity index (χ2n) is 7.66. The van der Waals surface area contributed by atoms with E-state index in [0.717, 1.165) is 18.7 Å². The summed E-state index contributed by atoms with van der Waals surface area (Å²) in [5.41, 5.74) is 1.31. The van der Waals surface area contributed by atoms with Gasteiger partial charge in [0, 0.05) is 31.2 Å². The number of esters is 1. The molecule has 2 unspecified atom stereocenters. The smallest absolute Gasteiger partial charge is 0.327 e. The van der Waals surface area contributed by atoms with Gasteiger partial charge in [-0.05, 0) is 30.7 Å². The summed E-state index contributed by atoms with van der Waals surface area (Å²) >= 11 is 6.37. The minimum atomic E-state index is -0.547. The number of hydrogen-bond acceptors (Lipinski definition) is 6. The highest BCUT2D eigenvalue weighted by Gasteiger charge is 2.34. The fourth-order valence-corrected chi connectivity index (χ4v) is 4.38.